The molecule has 172 valence electrons. The molecule has 1 fully saturated rings. The van der Waals surface area contributed by atoms with E-state index in [1.54, 1.807) is 12.1 Å². The molecule has 1 aliphatic heterocycles. The highest BCUT2D eigenvalue weighted by molar-refractivity contribution is 14.0. The molecule has 6 nitrogen and oxygen atoms in total. The number of morpholine rings is 1. The third-order valence-corrected chi connectivity index (χ3v) is 5.38. The summed E-state index contributed by atoms with van der Waals surface area (Å²) in [4.78, 5) is 9.45. The quantitative estimate of drug-likeness (QED) is 0.290. The molecule has 0 spiro atoms. The van der Waals surface area contributed by atoms with Crippen molar-refractivity contribution in [2.24, 2.45) is 10.9 Å². The van der Waals surface area contributed by atoms with Crippen molar-refractivity contribution in [3.63, 3.8) is 0 Å². The molecule has 0 aliphatic carbocycles. The Morgan fingerprint density at radius 3 is 2.50 bits per heavy atom. The summed E-state index contributed by atoms with van der Waals surface area (Å²) in [5, 5.41) is 6.79. The van der Waals surface area contributed by atoms with Crippen LogP contribution < -0.4 is 10.6 Å². The number of nitrogens with zero attached hydrogens (tertiary/aromatic N) is 3. The molecule has 1 heterocycles. The molecule has 30 heavy (non-hydrogen) atoms. The number of benzene rings is 1. The van der Waals surface area contributed by atoms with E-state index in [0.717, 1.165) is 50.9 Å². The molecule has 2 rings (SSSR count). The Morgan fingerprint density at radius 2 is 1.93 bits per heavy atom. The lowest BCUT2D eigenvalue weighted by molar-refractivity contribution is 0.00867. The molecule has 0 bridgehead atoms. The zero-order chi connectivity index (χ0) is 21.2. The minimum atomic E-state index is -0.208. The number of aliphatic imine (C=N–C) groups is 1. The first kappa shape index (κ1) is 27.1. The van der Waals surface area contributed by atoms with Gasteiger partial charge in [-0.2, -0.15) is 0 Å². The predicted octanol–water partition coefficient (Wildman–Crippen LogP) is 2.96. The molecule has 1 saturated heterocycles. The van der Waals surface area contributed by atoms with E-state index in [4.69, 9.17) is 9.73 Å². The van der Waals surface area contributed by atoms with Crippen LogP contribution in [0.15, 0.2) is 29.3 Å². The number of likely N-dealkylation sites (N-methyl/N-ethyl adjacent to an activating group) is 1. The van der Waals surface area contributed by atoms with Crippen molar-refractivity contribution in [1.82, 2.24) is 20.4 Å². The number of hydrogen-bond acceptors (Lipinski definition) is 4. The molecule has 0 saturated carbocycles. The molecule has 1 aliphatic rings. The average molecular weight is 535 g/mol. The summed E-state index contributed by atoms with van der Waals surface area (Å²) < 4.78 is 19.2. The van der Waals surface area contributed by atoms with Crippen molar-refractivity contribution in [2.45, 2.75) is 32.9 Å². The number of rotatable bonds is 9. The van der Waals surface area contributed by atoms with Gasteiger partial charge in [-0.15, -0.1) is 24.0 Å². The first-order chi connectivity index (χ1) is 13.9. The van der Waals surface area contributed by atoms with Gasteiger partial charge in [0.1, 0.15) is 5.82 Å². The van der Waals surface area contributed by atoms with Gasteiger partial charge in [-0.05, 0) is 44.6 Å². The molecule has 0 amide bonds. The summed E-state index contributed by atoms with van der Waals surface area (Å²) in [6, 6.07) is 7.25. The summed E-state index contributed by atoms with van der Waals surface area (Å²) in [5.41, 5.74) is 0.951. The van der Waals surface area contributed by atoms with Crippen molar-refractivity contribution in [3.8, 4) is 0 Å². The van der Waals surface area contributed by atoms with Gasteiger partial charge >= 0.3 is 0 Å². The van der Waals surface area contributed by atoms with Crippen molar-refractivity contribution < 1.29 is 9.13 Å². The van der Waals surface area contributed by atoms with Crippen molar-refractivity contribution in [2.75, 3.05) is 60.0 Å². The number of guanidine groups is 1. The van der Waals surface area contributed by atoms with Gasteiger partial charge in [-0.25, -0.2) is 4.39 Å². The molecular weight excluding hydrogens is 496 g/mol. The van der Waals surface area contributed by atoms with Gasteiger partial charge in [0.05, 0.1) is 25.8 Å². The summed E-state index contributed by atoms with van der Waals surface area (Å²) in [5.74, 6) is 1.11. The predicted molar refractivity (Wildman–Crippen MR) is 133 cm³/mol. The van der Waals surface area contributed by atoms with E-state index < -0.39 is 0 Å². The smallest absolute Gasteiger partial charge is 0.191 e. The SMILES string of the molecule is CCNC(=NCC(C(C)C)N1CCOCC1)NCC(c1cccc(F)c1)N(C)C.I. The molecule has 0 aromatic heterocycles. The van der Waals surface area contributed by atoms with Crippen LogP contribution in [0.2, 0.25) is 0 Å². The number of hydrogen-bond donors (Lipinski definition) is 2. The van der Waals surface area contributed by atoms with Gasteiger partial charge in [-0.3, -0.25) is 9.89 Å². The molecule has 2 atom stereocenters. The van der Waals surface area contributed by atoms with Gasteiger partial charge in [0.25, 0.3) is 0 Å². The van der Waals surface area contributed by atoms with E-state index in [0.29, 0.717) is 18.5 Å². The highest BCUT2D eigenvalue weighted by Crippen LogP contribution is 2.18. The third-order valence-electron chi connectivity index (χ3n) is 5.38. The van der Waals surface area contributed by atoms with Crippen LogP contribution in [0.5, 0.6) is 0 Å². The second-order valence-electron chi connectivity index (χ2n) is 8.09. The lowest BCUT2D eigenvalue weighted by Gasteiger charge is -2.36. The zero-order valence-corrected chi connectivity index (χ0v) is 21.4. The molecule has 1 aromatic rings. The summed E-state index contributed by atoms with van der Waals surface area (Å²) in [6.45, 7) is 12.3. The molecule has 2 N–H and O–H groups in total. The molecular formula is C22H39FIN5O. The average Bonchev–Trinajstić information content (AvgIpc) is 2.68. The Kier molecular flexibility index (Phi) is 12.8. The molecule has 2 unspecified atom stereocenters. The molecule has 8 heteroatoms. The molecule has 1 aromatic carbocycles. The maximum Gasteiger partial charge on any atom is 0.191 e. The van der Waals surface area contributed by atoms with E-state index in [2.05, 4.69) is 41.2 Å². The van der Waals surface area contributed by atoms with Crippen LogP contribution in [0.25, 0.3) is 0 Å². The third kappa shape index (κ3) is 8.64. The lowest BCUT2D eigenvalue weighted by Crippen LogP contribution is -2.48. The highest BCUT2D eigenvalue weighted by atomic mass is 127. The normalized spacial score (nSPS) is 17.5. The Bertz CT molecular complexity index is 638. The Balaban J connectivity index is 0.00000450. The Morgan fingerprint density at radius 1 is 1.23 bits per heavy atom. The summed E-state index contributed by atoms with van der Waals surface area (Å²) in [6.07, 6.45) is 0. The van der Waals surface area contributed by atoms with Gasteiger partial charge in [-0.1, -0.05) is 26.0 Å². The number of ether oxygens (including phenoxy) is 1. The van der Waals surface area contributed by atoms with Gasteiger partial charge in [0, 0.05) is 32.2 Å². The fourth-order valence-electron chi connectivity index (χ4n) is 3.69. The van der Waals surface area contributed by atoms with Gasteiger partial charge < -0.3 is 20.3 Å². The topological polar surface area (TPSA) is 52.1 Å². The minimum absolute atomic E-state index is 0. The largest absolute Gasteiger partial charge is 0.379 e. The van der Waals surface area contributed by atoms with E-state index in [1.165, 1.54) is 6.07 Å². The van der Waals surface area contributed by atoms with Crippen molar-refractivity contribution in [3.05, 3.63) is 35.6 Å². The monoisotopic (exact) mass is 535 g/mol. The van der Waals surface area contributed by atoms with Crippen LogP contribution in [0, 0.1) is 11.7 Å². The maximum absolute atomic E-state index is 13.7. The Hall–Kier alpha value is -0.970. The molecule has 0 radical (unpaired) electrons. The number of halogens is 2. The fraction of sp³-hybridized carbons (Fsp3) is 0.682. The van der Waals surface area contributed by atoms with Crippen LogP contribution in [0.3, 0.4) is 0 Å². The van der Waals surface area contributed by atoms with Crippen LogP contribution in [0.1, 0.15) is 32.4 Å². The first-order valence-electron chi connectivity index (χ1n) is 10.7. The van der Waals surface area contributed by atoms with Crippen LogP contribution >= 0.6 is 24.0 Å². The first-order valence-corrected chi connectivity index (χ1v) is 10.7. The zero-order valence-electron chi connectivity index (χ0n) is 19.0. The minimum Gasteiger partial charge on any atom is -0.379 e. The maximum atomic E-state index is 13.7. The fourth-order valence-corrected chi connectivity index (χ4v) is 3.69. The second kappa shape index (κ2) is 14.2. The van der Waals surface area contributed by atoms with Crippen LogP contribution in [-0.2, 0) is 4.74 Å². The van der Waals surface area contributed by atoms with E-state index in [9.17, 15) is 4.39 Å². The lowest BCUT2D eigenvalue weighted by atomic mass is 10.0. The Labute approximate surface area is 198 Å². The standard InChI is InChI=1S/C22H38FN5O.HI/c1-6-24-22(25-15-20(17(2)3)28-10-12-29-13-11-28)26-16-21(27(4)5)18-8-7-9-19(23)14-18;/h7-9,14,17,20-21H,6,10-13,15-16H2,1-5H3,(H2,24,25,26);1H. The van der Waals surface area contributed by atoms with Crippen LogP contribution in [0.4, 0.5) is 4.39 Å². The van der Waals surface area contributed by atoms with Crippen LogP contribution in [-0.4, -0.2) is 81.8 Å². The van der Waals surface area contributed by atoms with Crippen molar-refractivity contribution in [1.29, 1.82) is 0 Å². The summed E-state index contributed by atoms with van der Waals surface area (Å²) in [7, 11) is 4.02. The van der Waals surface area contributed by atoms with Gasteiger partial charge in [0.15, 0.2) is 5.96 Å². The second-order valence-corrected chi connectivity index (χ2v) is 8.09. The van der Waals surface area contributed by atoms with E-state index >= 15 is 0 Å². The van der Waals surface area contributed by atoms with Crippen molar-refractivity contribution >= 4 is 29.9 Å². The highest BCUT2D eigenvalue weighted by Gasteiger charge is 2.23. The van der Waals surface area contributed by atoms with E-state index in [1.807, 2.05) is 20.2 Å². The summed E-state index contributed by atoms with van der Waals surface area (Å²) >= 11 is 0. The van der Waals surface area contributed by atoms with Gasteiger partial charge in [0.2, 0.25) is 0 Å². The van der Waals surface area contributed by atoms with E-state index in [-0.39, 0.29) is 35.8 Å². The number of nitrogens with one attached hydrogen (secondary N) is 2.